The van der Waals surface area contributed by atoms with Gasteiger partial charge in [0.05, 0.1) is 19.5 Å². The first-order valence-electron chi connectivity index (χ1n) is 19.5. The highest BCUT2D eigenvalue weighted by molar-refractivity contribution is 7.52. The molecule has 16 heteroatoms. The zero-order valence-electron chi connectivity index (χ0n) is 32.9. The summed E-state index contributed by atoms with van der Waals surface area (Å²) in [5, 5.41) is 2.72. The third kappa shape index (κ3) is 14.1. The molecule has 12 nitrogen and oxygen atoms in total. The van der Waals surface area contributed by atoms with Gasteiger partial charge in [-0.05, 0) is 55.0 Å². The maximum atomic E-state index is 14.8. The number of methoxy groups -OCH3 is 1. The van der Waals surface area contributed by atoms with Gasteiger partial charge in [0.25, 0.3) is 0 Å². The molecule has 0 saturated heterocycles. The first-order chi connectivity index (χ1) is 27.4. The second kappa shape index (κ2) is 22.5. The summed E-state index contributed by atoms with van der Waals surface area (Å²) >= 11 is 0. The van der Waals surface area contributed by atoms with Crippen LogP contribution in [-0.2, 0) is 36.3 Å². The summed E-state index contributed by atoms with van der Waals surface area (Å²) in [4.78, 5) is 25.5. The summed E-state index contributed by atoms with van der Waals surface area (Å²) in [5.74, 6) is 0.145. The van der Waals surface area contributed by atoms with Gasteiger partial charge in [-0.25, -0.2) is 18.3 Å². The monoisotopic (exact) mass is 814 g/mol. The number of imidazole rings is 1. The Morgan fingerprint density at radius 1 is 1.00 bits per heavy atom. The molecule has 0 fully saturated rings. The minimum absolute atomic E-state index is 0.0221. The fourth-order valence-electron chi connectivity index (χ4n) is 6.38. The smallest absolute Gasteiger partial charge is 0.459 e. The van der Waals surface area contributed by atoms with Gasteiger partial charge in [-0.3, -0.25) is 9.32 Å². The van der Waals surface area contributed by atoms with Gasteiger partial charge in [0.15, 0.2) is 17.1 Å². The van der Waals surface area contributed by atoms with E-state index in [4.69, 9.17) is 30.7 Å². The van der Waals surface area contributed by atoms with Gasteiger partial charge < -0.3 is 24.3 Å². The number of carbonyl (C=O) groups is 1. The molecule has 2 aromatic carbocycles. The Bertz CT molecular complexity index is 1930. The van der Waals surface area contributed by atoms with E-state index in [2.05, 4.69) is 39.8 Å². The molecular formula is C41H54F3N6O6P. The summed E-state index contributed by atoms with van der Waals surface area (Å²) in [6, 6.07) is 9.54. The first kappa shape index (κ1) is 45.2. The van der Waals surface area contributed by atoms with Gasteiger partial charge in [-0.2, -0.15) is 19.4 Å². The fourth-order valence-corrected chi connectivity index (χ4v) is 7.91. The zero-order chi connectivity index (χ0) is 41.3. The van der Waals surface area contributed by atoms with E-state index in [-0.39, 0.29) is 60.2 Å². The number of para-hydroxylation sites is 1. The molecule has 0 aliphatic rings. The highest BCUT2D eigenvalue weighted by Crippen LogP contribution is 2.46. The van der Waals surface area contributed by atoms with E-state index in [0.717, 1.165) is 76.3 Å². The predicted octanol–water partition coefficient (Wildman–Crippen LogP) is 8.74. The molecule has 0 amide bonds. The van der Waals surface area contributed by atoms with Crippen molar-refractivity contribution in [2.75, 3.05) is 26.1 Å². The molecule has 3 N–H and O–H groups in total. The summed E-state index contributed by atoms with van der Waals surface area (Å²) in [6.07, 6.45) is 16.3. The van der Waals surface area contributed by atoms with Crippen LogP contribution in [0.5, 0.6) is 5.75 Å². The van der Waals surface area contributed by atoms with Gasteiger partial charge in [0.2, 0.25) is 0 Å². The number of nitrogens with one attached hydrogen (secondary N) is 1. The summed E-state index contributed by atoms with van der Waals surface area (Å²) < 4.78 is 82.6. The van der Waals surface area contributed by atoms with Crippen LogP contribution in [0.3, 0.4) is 0 Å². The fraction of sp³-hybridized carbons (Fsp3) is 0.512. The van der Waals surface area contributed by atoms with Gasteiger partial charge in [0, 0.05) is 26.1 Å². The van der Waals surface area contributed by atoms with Crippen molar-refractivity contribution in [1.29, 1.82) is 0 Å². The van der Waals surface area contributed by atoms with Crippen LogP contribution in [0.25, 0.3) is 11.2 Å². The SMILES string of the molecule is C#CC(CCn1cnc2c(N)nc(F)nc21)(COP(=O)(N[C@@H](Cc1cc(F)cc(F)c1)C(=O)OCC(CCCCCC)CCCCCC)Oc1ccccc1)OC. The molecule has 0 aliphatic carbocycles. The number of rotatable bonds is 26. The van der Waals surface area contributed by atoms with Crippen LogP contribution in [0.15, 0.2) is 54.9 Å². The van der Waals surface area contributed by atoms with Crippen molar-refractivity contribution in [3.63, 3.8) is 0 Å². The van der Waals surface area contributed by atoms with Crippen LogP contribution in [0.2, 0.25) is 0 Å². The molecule has 57 heavy (non-hydrogen) atoms. The third-order valence-corrected chi connectivity index (χ3v) is 11.2. The summed E-state index contributed by atoms with van der Waals surface area (Å²) in [5.41, 5.74) is 4.69. The number of esters is 1. The summed E-state index contributed by atoms with van der Waals surface area (Å²) in [7, 11) is -3.25. The zero-order valence-corrected chi connectivity index (χ0v) is 33.8. The number of hydrogen-bond donors (Lipinski definition) is 2. The number of nitrogens with two attached hydrogens (primary N) is 1. The summed E-state index contributed by atoms with van der Waals surface area (Å²) in [6.45, 7) is 3.97. The van der Waals surface area contributed by atoms with Crippen LogP contribution < -0.4 is 15.3 Å². The molecule has 0 spiro atoms. The Kier molecular flexibility index (Phi) is 17.8. The van der Waals surface area contributed by atoms with Crippen LogP contribution in [-0.4, -0.2) is 57.5 Å². The molecule has 3 atom stereocenters. The lowest BCUT2D eigenvalue weighted by molar-refractivity contribution is -0.147. The number of anilines is 1. The topological polar surface area (TPSA) is 153 Å². The lowest BCUT2D eigenvalue weighted by atomic mass is 9.95. The average molecular weight is 815 g/mol. The number of nitrogens with zero attached hydrogens (tertiary/aromatic N) is 4. The molecule has 4 rings (SSSR count). The number of fused-ring (bicyclic) bond motifs is 1. The minimum atomic E-state index is -4.59. The van der Waals surface area contributed by atoms with Crippen LogP contribution in [0.4, 0.5) is 19.0 Å². The van der Waals surface area contributed by atoms with E-state index in [0.29, 0.717) is 6.07 Å². The second-order valence-corrected chi connectivity index (χ2v) is 15.8. The molecule has 4 aromatic rings. The predicted molar refractivity (Wildman–Crippen MR) is 212 cm³/mol. The Morgan fingerprint density at radius 3 is 2.28 bits per heavy atom. The van der Waals surface area contributed by atoms with Gasteiger partial charge in [0.1, 0.15) is 28.9 Å². The number of halogens is 3. The molecule has 0 radical (unpaired) electrons. The molecule has 0 saturated carbocycles. The quantitative estimate of drug-likeness (QED) is 0.0206. The number of terminal acetylenes is 1. The number of hydrogen-bond acceptors (Lipinski definition) is 10. The second-order valence-electron chi connectivity index (χ2n) is 14.1. The largest absolute Gasteiger partial charge is 0.464 e. The lowest BCUT2D eigenvalue weighted by Gasteiger charge is -2.30. The Hall–Kier alpha value is -4.48. The lowest BCUT2D eigenvalue weighted by Crippen LogP contribution is -2.42. The van der Waals surface area contributed by atoms with Crippen LogP contribution >= 0.6 is 7.75 Å². The number of ether oxygens (including phenoxy) is 2. The van der Waals surface area contributed by atoms with Crippen molar-refractivity contribution in [3.8, 4) is 18.1 Å². The third-order valence-electron chi connectivity index (χ3n) is 9.66. The van der Waals surface area contributed by atoms with Crippen molar-refractivity contribution < 1.29 is 41.1 Å². The molecule has 2 heterocycles. The van der Waals surface area contributed by atoms with E-state index in [1.54, 1.807) is 18.2 Å². The van der Waals surface area contributed by atoms with Crippen LogP contribution in [0.1, 0.15) is 90.0 Å². The maximum absolute atomic E-state index is 14.8. The molecule has 2 unspecified atom stereocenters. The molecule has 0 bridgehead atoms. The average Bonchev–Trinajstić information content (AvgIpc) is 3.59. The molecular weight excluding hydrogens is 760 g/mol. The van der Waals surface area contributed by atoms with E-state index < -0.39 is 49.7 Å². The van der Waals surface area contributed by atoms with Crippen molar-refractivity contribution >= 4 is 30.7 Å². The number of aromatic nitrogens is 4. The van der Waals surface area contributed by atoms with Crippen molar-refractivity contribution in [2.24, 2.45) is 5.92 Å². The minimum Gasteiger partial charge on any atom is -0.464 e. The normalized spacial score (nSPS) is 14.2. The van der Waals surface area contributed by atoms with Gasteiger partial charge >= 0.3 is 19.8 Å². The number of carbonyl (C=O) groups excluding carboxylic acids is 1. The molecule has 0 aliphatic heterocycles. The Morgan fingerprint density at radius 2 is 1.67 bits per heavy atom. The Labute approximate surface area is 333 Å². The maximum Gasteiger partial charge on any atom is 0.459 e. The van der Waals surface area contributed by atoms with Gasteiger partial charge in [-0.15, -0.1) is 6.42 Å². The van der Waals surface area contributed by atoms with E-state index >= 15 is 0 Å². The highest BCUT2D eigenvalue weighted by Gasteiger charge is 2.39. The molecule has 310 valence electrons. The van der Waals surface area contributed by atoms with Crippen molar-refractivity contribution in [2.45, 2.75) is 109 Å². The highest BCUT2D eigenvalue weighted by atomic mass is 31.2. The van der Waals surface area contributed by atoms with Gasteiger partial charge in [-0.1, -0.05) is 89.3 Å². The van der Waals surface area contributed by atoms with Crippen molar-refractivity contribution in [3.05, 3.63) is 78.1 Å². The van der Waals surface area contributed by atoms with Crippen LogP contribution in [0, 0.1) is 36.0 Å². The Balaban J connectivity index is 1.59. The number of unbranched alkanes of at least 4 members (excludes halogenated alkanes) is 6. The number of aryl methyl sites for hydroxylation is 1. The number of benzene rings is 2. The molecule has 2 aromatic heterocycles. The van der Waals surface area contributed by atoms with E-state index in [1.165, 1.54) is 30.1 Å². The standard InChI is InChI=1S/C41H54F3N6O6P/c1-5-8-10-13-17-30(18-14-11-9-6-2)27-54-39(51)35(25-31-23-32(42)26-33(43)24-31)49-57(52,56-34-19-15-12-16-20-34)55-28-41(7-3,53-4)21-22-50-29-46-36-37(45)47-40(44)48-38(36)50/h3,12,15-16,19-20,23-24,26,29-30,35H,5-6,8-11,13-14,17-18,21-22,25,27-28H2,1-2,4H3,(H,49,52)(H2,45,47,48)/t35-,41?,57?/m0/s1. The first-order valence-corrected chi connectivity index (χ1v) is 21.0. The van der Waals surface area contributed by atoms with E-state index in [1.807, 2.05) is 0 Å². The van der Waals surface area contributed by atoms with E-state index in [9.17, 15) is 22.5 Å². The number of nitrogen functional groups attached to an aromatic ring is 1. The van der Waals surface area contributed by atoms with Crippen molar-refractivity contribution in [1.82, 2.24) is 24.6 Å².